The Morgan fingerprint density at radius 3 is 2.76 bits per heavy atom. The monoisotopic (exact) mass is 546 g/mol. The highest BCUT2D eigenvalue weighted by atomic mass is 35.5. The van der Waals surface area contributed by atoms with Crippen molar-refractivity contribution in [1.82, 2.24) is 14.8 Å². The summed E-state index contributed by atoms with van der Waals surface area (Å²) in [5.41, 5.74) is 4.09. The number of anilines is 1. The van der Waals surface area contributed by atoms with Crippen LogP contribution in [0.4, 0.5) is 10.3 Å². The fraction of sp³-hybridized carbons (Fsp3) is 0.207. The molecular weight excluding hydrogens is 523 g/mol. The first-order valence-corrected chi connectivity index (χ1v) is 13.7. The van der Waals surface area contributed by atoms with Gasteiger partial charge in [0.15, 0.2) is 5.78 Å². The molecule has 0 bridgehead atoms. The van der Waals surface area contributed by atoms with Crippen LogP contribution in [-0.4, -0.2) is 20.5 Å². The molecule has 2 heterocycles. The molecule has 38 heavy (non-hydrogen) atoms. The van der Waals surface area contributed by atoms with Crippen molar-refractivity contribution in [3.63, 3.8) is 0 Å². The highest BCUT2D eigenvalue weighted by molar-refractivity contribution is 7.98. The molecule has 1 aliphatic heterocycles. The van der Waals surface area contributed by atoms with E-state index in [0.29, 0.717) is 51.8 Å². The number of benzene rings is 3. The van der Waals surface area contributed by atoms with Crippen LogP contribution in [0, 0.1) is 5.82 Å². The summed E-state index contributed by atoms with van der Waals surface area (Å²) in [6.45, 7) is 0.394. The molecular formula is C29H24ClFN4O2S. The minimum absolute atomic E-state index is 0.109. The van der Waals surface area contributed by atoms with Crippen molar-refractivity contribution < 1.29 is 13.9 Å². The van der Waals surface area contributed by atoms with Crippen molar-refractivity contribution in [2.45, 2.75) is 42.8 Å². The summed E-state index contributed by atoms with van der Waals surface area (Å²) in [4.78, 5) is 17.8. The molecule has 0 fully saturated rings. The zero-order valence-electron chi connectivity index (χ0n) is 20.4. The predicted molar refractivity (Wildman–Crippen MR) is 146 cm³/mol. The Hall–Kier alpha value is -3.62. The molecule has 192 valence electrons. The maximum atomic E-state index is 14.1. The Morgan fingerprint density at radius 1 is 1.08 bits per heavy atom. The number of hydrogen-bond donors (Lipinski definition) is 1. The van der Waals surface area contributed by atoms with Crippen LogP contribution in [-0.2, 0) is 17.2 Å². The topological polar surface area (TPSA) is 69.0 Å². The van der Waals surface area contributed by atoms with E-state index in [2.05, 4.69) is 10.3 Å². The zero-order chi connectivity index (χ0) is 26.1. The van der Waals surface area contributed by atoms with Gasteiger partial charge in [-0.15, -0.1) is 5.10 Å². The Balaban J connectivity index is 1.30. The molecule has 0 radical (unpaired) electrons. The molecule has 1 unspecified atom stereocenters. The number of allylic oxidation sites excluding steroid dienone is 2. The number of ketones is 1. The van der Waals surface area contributed by atoms with E-state index >= 15 is 0 Å². The summed E-state index contributed by atoms with van der Waals surface area (Å²) in [7, 11) is 0. The molecule has 0 saturated heterocycles. The second kappa shape index (κ2) is 10.6. The van der Waals surface area contributed by atoms with Crippen LogP contribution in [0.15, 0.2) is 89.2 Å². The normalized spacial score (nSPS) is 16.6. The second-order valence-corrected chi connectivity index (χ2v) is 10.6. The van der Waals surface area contributed by atoms with Crippen molar-refractivity contribution in [1.29, 1.82) is 0 Å². The number of halogens is 2. The van der Waals surface area contributed by atoms with Gasteiger partial charge in [-0.05, 0) is 59.9 Å². The number of Topliss-reactive ketones (excluding diaryl/α,β-unsaturated/α-hetero) is 1. The van der Waals surface area contributed by atoms with Crippen LogP contribution in [0.1, 0.15) is 42.0 Å². The van der Waals surface area contributed by atoms with Crippen molar-refractivity contribution in [3.05, 3.63) is 112 Å². The van der Waals surface area contributed by atoms with Gasteiger partial charge in [-0.3, -0.25) is 4.79 Å². The first-order chi connectivity index (χ1) is 18.5. The Bertz CT molecular complexity index is 1540. The minimum Gasteiger partial charge on any atom is -0.489 e. The third-order valence-electron chi connectivity index (χ3n) is 6.66. The van der Waals surface area contributed by atoms with E-state index in [-0.39, 0.29) is 11.6 Å². The predicted octanol–water partition coefficient (Wildman–Crippen LogP) is 6.96. The van der Waals surface area contributed by atoms with E-state index in [4.69, 9.17) is 21.4 Å². The lowest BCUT2D eigenvalue weighted by Gasteiger charge is -2.32. The van der Waals surface area contributed by atoms with E-state index in [0.717, 1.165) is 29.7 Å². The maximum Gasteiger partial charge on any atom is 0.227 e. The fourth-order valence-corrected chi connectivity index (χ4v) is 5.73. The molecule has 6 rings (SSSR count). The quantitative estimate of drug-likeness (QED) is 0.253. The SMILES string of the molecule is O=C1CCCC2=C1C(c1cccc(OCc3ccc(Cl)cc3)c1)n1nc(SCc3ccccc3F)nc1N2. The van der Waals surface area contributed by atoms with Crippen LogP contribution in [0.25, 0.3) is 0 Å². The number of carbonyl (C=O) groups excluding carboxylic acids is 1. The largest absolute Gasteiger partial charge is 0.489 e. The molecule has 0 amide bonds. The van der Waals surface area contributed by atoms with Crippen LogP contribution < -0.4 is 10.1 Å². The highest BCUT2D eigenvalue weighted by Gasteiger charge is 2.37. The number of ether oxygens (including phenoxy) is 1. The van der Waals surface area contributed by atoms with Gasteiger partial charge in [-0.2, -0.15) is 4.98 Å². The third-order valence-corrected chi connectivity index (χ3v) is 7.79. The van der Waals surface area contributed by atoms with Crippen LogP contribution in [0.5, 0.6) is 5.75 Å². The standard InChI is InChI=1S/C29H24ClFN4O2S/c30-21-13-11-18(12-14-21)16-37-22-7-3-6-19(15-22)27-26-24(9-4-10-25(26)36)32-28-33-29(34-35(27)28)38-17-20-5-1-2-8-23(20)31/h1-3,5-8,11-15,27H,4,9-10,16-17H2,(H,32,33,34). The average molecular weight is 547 g/mol. The minimum atomic E-state index is -0.427. The van der Waals surface area contributed by atoms with Crippen molar-refractivity contribution >= 4 is 35.1 Å². The molecule has 1 atom stereocenters. The summed E-state index contributed by atoms with van der Waals surface area (Å²) in [5.74, 6) is 1.53. The molecule has 1 N–H and O–H groups in total. The van der Waals surface area contributed by atoms with E-state index < -0.39 is 6.04 Å². The highest BCUT2D eigenvalue weighted by Crippen LogP contribution is 2.41. The van der Waals surface area contributed by atoms with Crippen molar-refractivity contribution in [2.24, 2.45) is 0 Å². The van der Waals surface area contributed by atoms with E-state index in [1.165, 1.54) is 17.8 Å². The van der Waals surface area contributed by atoms with Crippen LogP contribution in [0.3, 0.4) is 0 Å². The summed E-state index contributed by atoms with van der Waals surface area (Å²) >= 11 is 7.36. The lowest BCUT2D eigenvalue weighted by atomic mass is 9.85. The summed E-state index contributed by atoms with van der Waals surface area (Å²) < 4.78 is 22.0. The number of rotatable bonds is 7. The Labute approximate surface area is 228 Å². The van der Waals surface area contributed by atoms with Crippen molar-refractivity contribution in [3.8, 4) is 5.75 Å². The van der Waals surface area contributed by atoms with Crippen molar-refractivity contribution in [2.75, 3.05) is 5.32 Å². The van der Waals surface area contributed by atoms with E-state index in [9.17, 15) is 9.18 Å². The lowest BCUT2D eigenvalue weighted by Crippen LogP contribution is -2.31. The molecule has 2 aliphatic rings. The number of thioether (sulfide) groups is 1. The van der Waals surface area contributed by atoms with Gasteiger partial charge in [-0.1, -0.05) is 65.8 Å². The first-order valence-electron chi connectivity index (χ1n) is 12.4. The summed E-state index contributed by atoms with van der Waals surface area (Å²) in [6, 6.07) is 21.6. The van der Waals surface area contributed by atoms with Gasteiger partial charge >= 0.3 is 0 Å². The maximum absolute atomic E-state index is 14.1. The number of nitrogens with one attached hydrogen (secondary N) is 1. The van der Waals surface area contributed by atoms with Gasteiger partial charge in [0.05, 0.1) is 0 Å². The smallest absolute Gasteiger partial charge is 0.227 e. The number of hydrogen-bond acceptors (Lipinski definition) is 6. The second-order valence-electron chi connectivity index (χ2n) is 9.23. The molecule has 3 aromatic carbocycles. The zero-order valence-corrected chi connectivity index (χ0v) is 21.9. The molecule has 1 aliphatic carbocycles. The molecule has 4 aromatic rings. The molecule has 0 spiro atoms. The van der Waals surface area contributed by atoms with Gasteiger partial charge in [-0.25, -0.2) is 9.07 Å². The third kappa shape index (κ3) is 5.06. The molecule has 0 saturated carbocycles. The van der Waals surface area contributed by atoms with Gasteiger partial charge in [0.1, 0.15) is 24.2 Å². The summed E-state index contributed by atoms with van der Waals surface area (Å²) in [6.07, 6.45) is 2.07. The Kier molecular flexibility index (Phi) is 6.91. The van der Waals surface area contributed by atoms with Crippen LogP contribution in [0.2, 0.25) is 5.02 Å². The van der Waals surface area contributed by atoms with Crippen LogP contribution >= 0.6 is 23.4 Å². The van der Waals surface area contributed by atoms with E-state index in [1.807, 2.05) is 54.6 Å². The number of fused-ring (bicyclic) bond motifs is 1. The van der Waals surface area contributed by atoms with E-state index in [1.54, 1.807) is 16.8 Å². The lowest BCUT2D eigenvalue weighted by molar-refractivity contribution is -0.116. The van der Waals surface area contributed by atoms with Gasteiger partial charge in [0, 0.05) is 28.5 Å². The molecule has 6 nitrogen and oxygen atoms in total. The average Bonchev–Trinajstić information content (AvgIpc) is 3.34. The van der Waals surface area contributed by atoms with Gasteiger partial charge in [0.2, 0.25) is 11.1 Å². The summed E-state index contributed by atoms with van der Waals surface area (Å²) in [5, 5.41) is 9.29. The molecule has 9 heteroatoms. The Morgan fingerprint density at radius 2 is 1.92 bits per heavy atom. The molecule has 1 aromatic heterocycles. The van der Waals surface area contributed by atoms with Gasteiger partial charge in [0.25, 0.3) is 0 Å². The number of nitrogens with zero attached hydrogens (tertiary/aromatic N) is 3. The van der Waals surface area contributed by atoms with Gasteiger partial charge < -0.3 is 10.1 Å². The number of carbonyl (C=O) groups is 1. The first kappa shape index (κ1) is 24.7. The fourth-order valence-electron chi connectivity index (χ4n) is 4.79. The number of aromatic nitrogens is 3.